The zero-order chi connectivity index (χ0) is 12.5. The van der Waals surface area contributed by atoms with Crippen molar-refractivity contribution in [2.24, 2.45) is 0 Å². The molecule has 7 heteroatoms. The Kier molecular flexibility index (Phi) is 6.71. The van der Waals surface area contributed by atoms with Gasteiger partial charge in [0.05, 0.1) is 31.6 Å². The number of hydrogen-bond acceptors (Lipinski definition) is 6. The largest absolute Gasteiger partial charge is 0.394 e. The first-order valence-electron chi connectivity index (χ1n) is 5.64. The van der Waals surface area contributed by atoms with Gasteiger partial charge in [-0.3, -0.25) is 0 Å². The van der Waals surface area contributed by atoms with E-state index in [9.17, 15) is 5.11 Å². The van der Waals surface area contributed by atoms with Crippen molar-refractivity contribution in [1.29, 1.82) is 0 Å². The van der Waals surface area contributed by atoms with Crippen LogP contribution in [0, 0.1) is 0 Å². The summed E-state index contributed by atoms with van der Waals surface area (Å²) < 4.78 is 6.42. The molecule has 0 amide bonds. The van der Waals surface area contributed by atoms with Crippen LogP contribution >= 0.6 is 0 Å². The first-order valence-corrected chi connectivity index (χ1v) is 5.64. The maximum Gasteiger partial charge on any atom is 0.0964 e. The molecule has 0 saturated carbocycles. The highest BCUT2D eigenvalue weighted by molar-refractivity contribution is 4.91. The van der Waals surface area contributed by atoms with E-state index in [1.807, 2.05) is 0 Å². The van der Waals surface area contributed by atoms with E-state index < -0.39 is 6.10 Å². The maximum atomic E-state index is 9.40. The van der Waals surface area contributed by atoms with Crippen LogP contribution in [0.5, 0.6) is 0 Å². The van der Waals surface area contributed by atoms with Crippen LogP contribution in [0.25, 0.3) is 0 Å². The van der Waals surface area contributed by atoms with Gasteiger partial charge in [0.25, 0.3) is 0 Å². The first kappa shape index (κ1) is 14.0. The van der Waals surface area contributed by atoms with Crippen molar-refractivity contribution in [2.75, 3.05) is 26.9 Å². The Hall–Kier alpha value is -1.02. The Morgan fingerprint density at radius 2 is 2.41 bits per heavy atom. The molecule has 1 heterocycles. The number of nitrogens with one attached hydrogen (secondary N) is 1. The van der Waals surface area contributed by atoms with E-state index in [1.165, 1.54) is 0 Å². The SMILES string of the molecule is COCC(O)CCNCc1cn(CCO)nn1. The lowest BCUT2D eigenvalue weighted by molar-refractivity contribution is 0.0594. The molecule has 3 N–H and O–H groups in total. The summed E-state index contributed by atoms with van der Waals surface area (Å²) in [6, 6.07) is 0. The molecule has 1 aromatic rings. The highest BCUT2D eigenvalue weighted by Crippen LogP contribution is 1.94. The fraction of sp³-hybridized carbons (Fsp3) is 0.800. The Morgan fingerprint density at radius 1 is 1.59 bits per heavy atom. The Morgan fingerprint density at radius 3 is 3.12 bits per heavy atom. The summed E-state index contributed by atoms with van der Waals surface area (Å²) in [7, 11) is 1.57. The molecule has 0 bridgehead atoms. The Bertz CT molecular complexity index is 305. The monoisotopic (exact) mass is 244 g/mol. The van der Waals surface area contributed by atoms with Crippen molar-refractivity contribution >= 4 is 0 Å². The molecule has 1 aromatic heterocycles. The molecular weight excluding hydrogens is 224 g/mol. The van der Waals surface area contributed by atoms with Crippen LogP contribution in [0.15, 0.2) is 6.20 Å². The van der Waals surface area contributed by atoms with Crippen molar-refractivity contribution < 1.29 is 14.9 Å². The van der Waals surface area contributed by atoms with Crippen LogP contribution in [0.4, 0.5) is 0 Å². The van der Waals surface area contributed by atoms with Crippen LogP contribution in [-0.2, 0) is 17.8 Å². The van der Waals surface area contributed by atoms with Gasteiger partial charge in [-0.05, 0) is 13.0 Å². The predicted octanol–water partition coefficient (Wildman–Crippen LogP) is -1.24. The Balaban J connectivity index is 2.13. The lowest BCUT2D eigenvalue weighted by Crippen LogP contribution is -2.23. The lowest BCUT2D eigenvalue weighted by Gasteiger charge is -2.08. The normalized spacial score (nSPS) is 12.9. The molecule has 0 spiro atoms. The second-order valence-corrected chi connectivity index (χ2v) is 3.77. The summed E-state index contributed by atoms with van der Waals surface area (Å²) in [6.07, 6.45) is 1.99. The maximum absolute atomic E-state index is 9.40. The van der Waals surface area contributed by atoms with Crippen LogP contribution in [0.2, 0.25) is 0 Å². The molecule has 0 aromatic carbocycles. The quantitative estimate of drug-likeness (QED) is 0.470. The molecule has 1 atom stereocenters. The van der Waals surface area contributed by atoms with Gasteiger partial charge < -0.3 is 20.3 Å². The van der Waals surface area contributed by atoms with E-state index in [0.717, 1.165) is 5.69 Å². The topological polar surface area (TPSA) is 92.4 Å². The minimum atomic E-state index is -0.433. The number of hydrogen-bond donors (Lipinski definition) is 3. The zero-order valence-electron chi connectivity index (χ0n) is 10.0. The average molecular weight is 244 g/mol. The molecular formula is C10H20N4O3. The summed E-state index contributed by atoms with van der Waals surface area (Å²) >= 11 is 0. The number of rotatable bonds is 9. The van der Waals surface area contributed by atoms with E-state index in [4.69, 9.17) is 9.84 Å². The summed E-state index contributed by atoms with van der Waals surface area (Å²) in [5, 5.41) is 29.0. The number of aromatic nitrogens is 3. The van der Waals surface area contributed by atoms with Crippen molar-refractivity contribution in [3.8, 4) is 0 Å². The van der Waals surface area contributed by atoms with Gasteiger partial charge in [-0.1, -0.05) is 5.21 Å². The fourth-order valence-electron chi connectivity index (χ4n) is 1.39. The molecule has 98 valence electrons. The molecule has 1 unspecified atom stereocenters. The van der Waals surface area contributed by atoms with E-state index >= 15 is 0 Å². The van der Waals surface area contributed by atoms with E-state index in [0.29, 0.717) is 32.7 Å². The summed E-state index contributed by atoms with van der Waals surface area (Å²) in [4.78, 5) is 0. The smallest absolute Gasteiger partial charge is 0.0964 e. The van der Waals surface area contributed by atoms with Gasteiger partial charge in [0.15, 0.2) is 0 Å². The van der Waals surface area contributed by atoms with Gasteiger partial charge in [0, 0.05) is 19.9 Å². The molecule has 0 radical (unpaired) electrons. The van der Waals surface area contributed by atoms with Gasteiger partial charge in [-0.15, -0.1) is 5.10 Å². The highest BCUT2D eigenvalue weighted by Gasteiger charge is 2.03. The molecule has 0 aliphatic rings. The van der Waals surface area contributed by atoms with E-state index in [2.05, 4.69) is 15.6 Å². The van der Waals surface area contributed by atoms with Crippen molar-refractivity contribution in [3.05, 3.63) is 11.9 Å². The average Bonchev–Trinajstić information content (AvgIpc) is 2.73. The molecule has 7 nitrogen and oxygen atoms in total. The van der Waals surface area contributed by atoms with Crippen molar-refractivity contribution in [3.63, 3.8) is 0 Å². The number of nitrogens with zero attached hydrogens (tertiary/aromatic N) is 3. The van der Waals surface area contributed by atoms with Crippen LogP contribution < -0.4 is 5.32 Å². The zero-order valence-corrected chi connectivity index (χ0v) is 10.0. The molecule has 0 aliphatic carbocycles. The minimum absolute atomic E-state index is 0.0550. The second kappa shape index (κ2) is 8.13. The summed E-state index contributed by atoms with van der Waals surface area (Å²) in [6.45, 7) is 2.16. The Labute approximate surface area is 100 Å². The van der Waals surface area contributed by atoms with Gasteiger partial charge in [0.2, 0.25) is 0 Å². The minimum Gasteiger partial charge on any atom is -0.394 e. The molecule has 17 heavy (non-hydrogen) atoms. The first-order chi connectivity index (χ1) is 8.26. The van der Waals surface area contributed by atoms with Gasteiger partial charge in [-0.25, -0.2) is 4.68 Å². The second-order valence-electron chi connectivity index (χ2n) is 3.77. The third-order valence-corrected chi connectivity index (χ3v) is 2.23. The molecule has 0 saturated heterocycles. The van der Waals surface area contributed by atoms with Gasteiger partial charge in [-0.2, -0.15) is 0 Å². The standard InChI is InChI=1S/C10H20N4O3/c1-17-8-10(16)2-3-11-6-9-7-14(4-5-15)13-12-9/h7,10-11,15-16H,2-6,8H2,1H3. The number of methoxy groups -OCH3 is 1. The third kappa shape index (κ3) is 5.73. The molecule has 0 aliphatic heterocycles. The van der Waals surface area contributed by atoms with Gasteiger partial charge >= 0.3 is 0 Å². The number of ether oxygens (including phenoxy) is 1. The van der Waals surface area contributed by atoms with Crippen molar-refractivity contribution in [2.45, 2.75) is 25.6 Å². The van der Waals surface area contributed by atoms with Gasteiger partial charge in [0.1, 0.15) is 0 Å². The predicted molar refractivity (Wildman–Crippen MR) is 61.3 cm³/mol. The summed E-state index contributed by atoms with van der Waals surface area (Å²) in [5.41, 5.74) is 0.819. The van der Waals surface area contributed by atoms with Crippen LogP contribution in [-0.4, -0.2) is 58.2 Å². The lowest BCUT2D eigenvalue weighted by atomic mass is 10.2. The number of aliphatic hydroxyl groups excluding tert-OH is 2. The molecule has 1 rings (SSSR count). The summed E-state index contributed by atoms with van der Waals surface area (Å²) in [5.74, 6) is 0. The van der Waals surface area contributed by atoms with Crippen LogP contribution in [0.1, 0.15) is 12.1 Å². The number of aliphatic hydroxyl groups is 2. The van der Waals surface area contributed by atoms with E-state index in [-0.39, 0.29) is 6.61 Å². The molecule has 0 fully saturated rings. The van der Waals surface area contributed by atoms with Crippen LogP contribution in [0.3, 0.4) is 0 Å². The third-order valence-electron chi connectivity index (χ3n) is 2.23. The highest BCUT2D eigenvalue weighted by atomic mass is 16.5. The fourth-order valence-corrected chi connectivity index (χ4v) is 1.39. The van der Waals surface area contributed by atoms with Crippen molar-refractivity contribution in [1.82, 2.24) is 20.3 Å². The van der Waals surface area contributed by atoms with E-state index in [1.54, 1.807) is 18.0 Å².